The second kappa shape index (κ2) is 5.63. The first-order chi connectivity index (χ1) is 10.6. The molecule has 0 bridgehead atoms. The average molecular weight is 299 g/mol. The van der Waals surface area contributed by atoms with Gasteiger partial charge in [0.05, 0.1) is 11.8 Å². The smallest absolute Gasteiger partial charge is 0.338 e. The molecule has 6 heteroatoms. The lowest BCUT2D eigenvalue weighted by Gasteiger charge is -2.22. The number of fused-ring (bicyclic) bond motifs is 1. The summed E-state index contributed by atoms with van der Waals surface area (Å²) in [6.07, 6.45) is 3.89. The maximum absolute atomic E-state index is 12.5. The van der Waals surface area contributed by atoms with Gasteiger partial charge < -0.3 is 10.0 Å². The summed E-state index contributed by atoms with van der Waals surface area (Å²) in [5.74, 6) is -0.982. The van der Waals surface area contributed by atoms with Gasteiger partial charge in [-0.1, -0.05) is 18.2 Å². The van der Waals surface area contributed by atoms with E-state index < -0.39 is 5.97 Å². The molecule has 22 heavy (non-hydrogen) atoms. The molecule has 114 valence electrons. The summed E-state index contributed by atoms with van der Waals surface area (Å²) in [4.78, 5) is 25.1. The van der Waals surface area contributed by atoms with Crippen LogP contribution in [0.1, 0.15) is 29.3 Å². The van der Waals surface area contributed by atoms with Crippen molar-refractivity contribution in [2.75, 3.05) is 4.90 Å². The zero-order valence-electron chi connectivity index (χ0n) is 12.3. The zero-order valence-corrected chi connectivity index (χ0v) is 12.3. The van der Waals surface area contributed by atoms with E-state index >= 15 is 0 Å². The average Bonchev–Trinajstić information content (AvgIpc) is 3.08. The molecule has 0 fully saturated rings. The fourth-order valence-electron chi connectivity index (χ4n) is 2.87. The number of benzene rings is 1. The molecule has 0 spiro atoms. The fraction of sp³-hybridized carbons (Fsp3) is 0.312. The Bertz CT molecular complexity index is 723. The van der Waals surface area contributed by atoms with Gasteiger partial charge in [0.15, 0.2) is 0 Å². The van der Waals surface area contributed by atoms with Gasteiger partial charge in [0.1, 0.15) is 0 Å². The Balaban J connectivity index is 1.68. The summed E-state index contributed by atoms with van der Waals surface area (Å²) in [5.41, 5.74) is 2.30. The zero-order chi connectivity index (χ0) is 15.7. The monoisotopic (exact) mass is 299 g/mol. The number of hydrogen-bond donors (Lipinski definition) is 1. The van der Waals surface area contributed by atoms with Gasteiger partial charge >= 0.3 is 5.97 Å². The third kappa shape index (κ3) is 2.59. The molecule has 3 rings (SSSR count). The lowest BCUT2D eigenvalue weighted by Crippen LogP contribution is -2.36. The summed E-state index contributed by atoms with van der Waals surface area (Å²) in [7, 11) is 0. The van der Waals surface area contributed by atoms with Crippen molar-refractivity contribution in [1.82, 2.24) is 9.78 Å². The first kappa shape index (κ1) is 14.3. The van der Waals surface area contributed by atoms with E-state index in [-0.39, 0.29) is 17.5 Å². The fourth-order valence-corrected chi connectivity index (χ4v) is 2.87. The number of anilines is 1. The Morgan fingerprint density at radius 1 is 1.36 bits per heavy atom. The van der Waals surface area contributed by atoms with Crippen LogP contribution in [0.3, 0.4) is 0 Å². The van der Waals surface area contributed by atoms with Crippen molar-refractivity contribution in [3.05, 3.63) is 47.8 Å². The molecule has 1 unspecified atom stereocenters. The van der Waals surface area contributed by atoms with Gasteiger partial charge in [-0.2, -0.15) is 5.10 Å². The molecule has 1 aromatic carbocycles. The maximum atomic E-state index is 12.5. The molecule has 0 saturated carbocycles. The minimum atomic E-state index is -1.01. The summed E-state index contributed by atoms with van der Waals surface area (Å²) in [6.45, 7) is 2.41. The molecule has 1 N–H and O–H groups in total. The normalized spacial score (nSPS) is 16.6. The lowest BCUT2D eigenvalue weighted by molar-refractivity contribution is -0.119. The number of carboxylic acids is 1. The third-order valence-corrected chi connectivity index (χ3v) is 3.91. The molecule has 0 radical (unpaired) electrons. The largest absolute Gasteiger partial charge is 0.478 e. The SMILES string of the molecule is CC1Cc2ccccc2N1C(=O)CCn1cc(C(=O)O)cn1. The molecular formula is C16H17N3O3. The van der Waals surface area contributed by atoms with Crippen LogP contribution in [-0.2, 0) is 17.8 Å². The van der Waals surface area contributed by atoms with Crippen LogP contribution in [0.4, 0.5) is 5.69 Å². The maximum Gasteiger partial charge on any atom is 0.338 e. The number of para-hydroxylation sites is 1. The van der Waals surface area contributed by atoms with Crippen molar-refractivity contribution >= 4 is 17.6 Å². The van der Waals surface area contributed by atoms with E-state index in [1.165, 1.54) is 22.6 Å². The predicted octanol–water partition coefficient (Wildman–Crippen LogP) is 1.95. The van der Waals surface area contributed by atoms with E-state index in [9.17, 15) is 9.59 Å². The van der Waals surface area contributed by atoms with Gasteiger partial charge in [-0.15, -0.1) is 0 Å². The summed E-state index contributed by atoms with van der Waals surface area (Å²) >= 11 is 0. The van der Waals surface area contributed by atoms with Crippen LogP contribution in [0.15, 0.2) is 36.7 Å². The molecule has 1 atom stereocenters. The van der Waals surface area contributed by atoms with Crippen LogP contribution in [-0.4, -0.2) is 32.8 Å². The molecule has 1 aliphatic heterocycles. The van der Waals surface area contributed by atoms with Gasteiger partial charge in [0, 0.05) is 30.9 Å². The van der Waals surface area contributed by atoms with Gasteiger partial charge in [0.2, 0.25) is 5.91 Å². The lowest BCUT2D eigenvalue weighted by atomic mass is 10.1. The summed E-state index contributed by atoms with van der Waals surface area (Å²) in [6, 6.07) is 8.08. The number of amides is 1. The highest BCUT2D eigenvalue weighted by Gasteiger charge is 2.30. The van der Waals surface area contributed by atoms with Crippen molar-refractivity contribution in [1.29, 1.82) is 0 Å². The Hall–Kier alpha value is -2.63. The number of rotatable bonds is 4. The number of aryl methyl sites for hydroxylation is 1. The van der Waals surface area contributed by atoms with Gasteiger partial charge in [-0.3, -0.25) is 9.48 Å². The number of hydrogen-bond acceptors (Lipinski definition) is 3. The topological polar surface area (TPSA) is 75.4 Å². The number of carbonyl (C=O) groups excluding carboxylic acids is 1. The second-order valence-corrected chi connectivity index (χ2v) is 5.49. The first-order valence-electron chi connectivity index (χ1n) is 7.22. The van der Waals surface area contributed by atoms with Gasteiger partial charge in [-0.05, 0) is 25.0 Å². The number of aromatic nitrogens is 2. The van der Waals surface area contributed by atoms with Gasteiger partial charge in [-0.25, -0.2) is 4.79 Å². The molecule has 2 aromatic rings. The highest BCUT2D eigenvalue weighted by Crippen LogP contribution is 2.32. The molecule has 1 amide bonds. The minimum absolute atomic E-state index is 0.0322. The molecule has 1 aliphatic rings. The molecule has 0 saturated heterocycles. The molecule has 2 heterocycles. The number of nitrogens with zero attached hydrogens (tertiary/aromatic N) is 3. The van der Waals surface area contributed by atoms with E-state index in [1.54, 1.807) is 0 Å². The summed E-state index contributed by atoms with van der Waals surface area (Å²) < 4.78 is 1.49. The molecular weight excluding hydrogens is 282 g/mol. The van der Waals surface area contributed by atoms with Crippen LogP contribution in [0.5, 0.6) is 0 Å². The summed E-state index contributed by atoms with van der Waals surface area (Å²) in [5, 5.41) is 12.8. The van der Waals surface area contributed by atoms with Crippen molar-refractivity contribution in [3.8, 4) is 0 Å². The van der Waals surface area contributed by atoms with Crippen molar-refractivity contribution in [2.24, 2.45) is 0 Å². The highest BCUT2D eigenvalue weighted by molar-refractivity contribution is 5.96. The van der Waals surface area contributed by atoms with Crippen molar-refractivity contribution < 1.29 is 14.7 Å². The molecule has 1 aromatic heterocycles. The standard InChI is InChI=1S/C16H17N3O3/c1-11-8-12-4-2-3-5-14(12)19(11)15(20)6-7-18-10-13(9-17-18)16(21)22/h2-5,9-11H,6-8H2,1H3,(H,21,22). The Labute approximate surface area is 128 Å². The van der Waals surface area contributed by atoms with Crippen molar-refractivity contribution in [2.45, 2.75) is 32.4 Å². The van der Waals surface area contributed by atoms with Crippen LogP contribution in [0, 0.1) is 0 Å². The van der Waals surface area contributed by atoms with Crippen LogP contribution >= 0.6 is 0 Å². The number of carboxylic acid groups (broad SMARTS) is 1. The van der Waals surface area contributed by atoms with Crippen LogP contribution in [0.2, 0.25) is 0 Å². The van der Waals surface area contributed by atoms with Crippen LogP contribution in [0.25, 0.3) is 0 Å². The molecule has 0 aliphatic carbocycles. The Morgan fingerprint density at radius 3 is 2.86 bits per heavy atom. The van der Waals surface area contributed by atoms with E-state index in [0.29, 0.717) is 13.0 Å². The first-order valence-corrected chi connectivity index (χ1v) is 7.22. The third-order valence-electron chi connectivity index (χ3n) is 3.91. The predicted molar refractivity (Wildman–Crippen MR) is 80.9 cm³/mol. The van der Waals surface area contributed by atoms with Crippen molar-refractivity contribution in [3.63, 3.8) is 0 Å². The number of aromatic carboxylic acids is 1. The number of carbonyl (C=O) groups is 2. The second-order valence-electron chi connectivity index (χ2n) is 5.49. The highest BCUT2D eigenvalue weighted by atomic mass is 16.4. The van der Waals surface area contributed by atoms with E-state index in [2.05, 4.69) is 5.10 Å². The van der Waals surface area contributed by atoms with Crippen LogP contribution < -0.4 is 4.90 Å². The Morgan fingerprint density at radius 2 is 2.14 bits per heavy atom. The van der Waals surface area contributed by atoms with E-state index in [4.69, 9.17) is 5.11 Å². The quantitative estimate of drug-likeness (QED) is 0.936. The van der Waals surface area contributed by atoms with E-state index in [1.807, 2.05) is 36.1 Å². The Kier molecular flexibility index (Phi) is 3.66. The molecule has 6 nitrogen and oxygen atoms in total. The van der Waals surface area contributed by atoms with E-state index in [0.717, 1.165) is 12.1 Å². The minimum Gasteiger partial charge on any atom is -0.478 e. The van der Waals surface area contributed by atoms with Gasteiger partial charge in [0.25, 0.3) is 0 Å².